The molecule has 0 aliphatic carbocycles. The van der Waals surface area contributed by atoms with Crippen molar-refractivity contribution in [2.75, 3.05) is 10.6 Å². The van der Waals surface area contributed by atoms with E-state index in [1.807, 2.05) is 27.7 Å². The highest BCUT2D eigenvalue weighted by Crippen LogP contribution is 2.40. The Morgan fingerprint density at radius 2 is 1.83 bits per heavy atom. The van der Waals surface area contributed by atoms with Crippen LogP contribution < -0.4 is 10.6 Å². The lowest BCUT2D eigenvalue weighted by atomic mass is 9.74. The minimum absolute atomic E-state index is 0.0246. The normalized spacial score (nSPS) is 19.8. The number of nitriles is 1. The topological polar surface area (TPSA) is 64.9 Å². The molecule has 0 spiro atoms. The van der Waals surface area contributed by atoms with Gasteiger partial charge in [0.25, 0.3) is 0 Å². The van der Waals surface area contributed by atoms with Gasteiger partial charge in [0, 0.05) is 5.54 Å². The van der Waals surface area contributed by atoms with Gasteiger partial charge >= 0.3 is 0 Å². The van der Waals surface area contributed by atoms with E-state index in [0.29, 0.717) is 5.56 Å². The number of benzene rings is 1. The molecular formula is C14H17N3O. The number of anilines is 2. The number of nitrogens with one attached hydrogen (secondary N) is 2. The third-order valence-electron chi connectivity index (χ3n) is 3.97. The number of carbonyl (C=O) groups excluding carboxylic acids is 1. The average Bonchev–Trinajstić information content (AvgIpc) is 2.35. The second-order valence-corrected chi connectivity index (χ2v) is 5.70. The van der Waals surface area contributed by atoms with Crippen LogP contribution in [0.4, 0.5) is 11.4 Å². The van der Waals surface area contributed by atoms with E-state index in [1.165, 1.54) is 0 Å². The molecule has 1 aliphatic heterocycles. The smallest absolute Gasteiger partial charge is 0.232 e. The summed E-state index contributed by atoms with van der Waals surface area (Å²) in [4.78, 5) is 12.3. The largest absolute Gasteiger partial charge is 0.377 e. The summed E-state index contributed by atoms with van der Waals surface area (Å²) in [6.45, 7) is 7.79. The lowest BCUT2D eigenvalue weighted by Crippen LogP contribution is -2.50. The molecule has 1 aromatic carbocycles. The van der Waals surface area contributed by atoms with Crippen molar-refractivity contribution in [2.24, 2.45) is 5.41 Å². The van der Waals surface area contributed by atoms with Gasteiger partial charge in [-0.05, 0) is 45.9 Å². The first-order chi connectivity index (χ1) is 8.28. The number of hydrogen-bond donors (Lipinski definition) is 2. The Labute approximate surface area is 107 Å². The molecule has 1 aliphatic rings. The van der Waals surface area contributed by atoms with Gasteiger partial charge in [-0.3, -0.25) is 4.79 Å². The van der Waals surface area contributed by atoms with Gasteiger partial charge in [-0.1, -0.05) is 0 Å². The fourth-order valence-electron chi connectivity index (χ4n) is 1.88. The summed E-state index contributed by atoms with van der Waals surface area (Å²) in [6, 6.07) is 7.33. The summed E-state index contributed by atoms with van der Waals surface area (Å²) >= 11 is 0. The van der Waals surface area contributed by atoms with Crippen LogP contribution in [0.25, 0.3) is 0 Å². The summed E-state index contributed by atoms with van der Waals surface area (Å²) in [6.07, 6.45) is 0. The maximum absolute atomic E-state index is 12.3. The molecule has 2 N–H and O–H groups in total. The molecule has 0 atom stereocenters. The van der Waals surface area contributed by atoms with Gasteiger partial charge in [-0.2, -0.15) is 5.26 Å². The quantitative estimate of drug-likeness (QED) is 0.736. The van der Waals surface area contributed by atoms with Crippen molar-refractivity contribution in [1.82, 2.24) is 0 Å². The molecule has 1 heterocycles. The van der Waals surface area contributed by atoms with E-state index in [9.17, 15) is 4.79 Å². The SMILES string of the molecule is CC1(C)Nc2cc(C#N)ccc2NC(=O)C1(C)C. The number of hydrogen-bond acceptors (Lipinski definition) is 3. The standard InChI is InChI=1S/C14H17N3O/c1-13(2)12(18)16-10-6-5-9(8-15)7-11(10)17-14(13,3)4/h5-7,17H,1-4H3,(H,16,18). The van der Waals surface area contributed by atoms with Gasteiger partial charge in [0.15, 0.2) is 0 Å². The molecule has 4 heteroatoms. The Kier molecular flexibility index (Phi) is 2.58. The molecular weight excluding hydrogens is 226 g/mol. The predicted octanol–water partition coefficient (Wildman–Crippen LogP) is 2.73. The Morgan fingerprint density at radius 3 is 2.44 bits per heavy atom. The zero-order valence-corrected chi connectivity index (χ0v) is 11.1. The van der Waals surface area contributed by atoms with E-state index in [4.69, 9.17) is 5.26 Å². The second-order valence-electron chi connectivity index (χ2n) is 5.70. The minimum atomic E-state index is -0.557. The van der Waals surface area contributed by atoms with E-state index < -0.39 is 11.0 Å². The minimum Gasteiger partial charge on any atom is -0.377 e. The molecule has 4 nitrogen and oxygen atoms in total. The van der Waals surface area contributed by atoms with Gasteiger partial charge in [-0.15, -0.1) is 0 Å². The predicted molar refractivity (Wildman–Crippen MR) is 71.3 cm³/mol. The highest BCUT2D eigenvalue weighted by molar-refractivity contribution is 6.00. The second kappa shape index (κ2) is 3.74. The van der Waals surface area contributed by atoms with Crippen LogP contribution in [-0.2, 0) is 4.79 Å². The Balaban J connectivity index is 2.56. The Hall–Kier alpha value is -2.02. The van der Waals surface area contributed by atoms with Gasteiger partial charge in [0.05, 0.1) is 28.4 Å². The molecule has 0 radical (unpaired) electrons. The van der Waals surface area contributed by atoms with Crippen molar-refractivity contribution in [3.05, 3.63) is 23.8 Å². The van der Waals surface area contributed by atoms with Crippen molar-refractivity contribution >= 4 is 17.3 Å². The molecule has 0 saturated carbocycles. The van der Waals surface area contributed by atoms with Gasteiger partial charge in [0.1, 0.15) is 0 Å². The maximum atomic E-state index is 12.3. The molecule has 1 aromatic rings. The van der Waals surface area contributed by atoms with Crippen LogP contribution in [0, 0.1) is 16.7 Å². The molecule has 0 aromatic heterocycles. The van der Waals surface area contributed by atoms with E-state index in [-0.39, 0.29) is 5.91 Å². The summed E-state index contributed by atoms with van der Waals surface area (Å²) in [5.74, 6) is -0.0246. The van der Waals surface area contributed by atoms with Gasteiger partial charge in [0.2, 0.25) is 5.91 Å². The van der Waals surface area contributed by atoms with Gasteiger partial charge < -0.3 is 10.6 Å². The van der Waals surface area contributed by atoms with Crippen LogP contribution in [0.15, 0.2) is 18.2 Å². The highest BCUT2D eigenvalue weighted by atomic mass is 16.2. The zero-order valence-electron chi connectivity index (χ0n) is 11.1. The van der Waals surface area contributed by atoms with E-state index in [0.717, 1.165) is 11.4 Å². The van der Waals surface area contributed by atoms with Crippen LogP contribution in [-0.4, -0.2) is 11.4 Å². The lowest BCUT2D eigenvalue weighted by Gasteiger charge is -2.39. The molecule has 2 rings (SSSR count). The van der Waals surface area contributed by atoms with Crippen molar-refractivity contribution in [1.29, 1.82) is 5.26 Å². The van der Waals surface area contributed by atoms with Crippen LogP contribution in [0.2, 0.25) is 0 Å². The number of fused-ring (bicyclic) bond motifs is 1. The van der Waals surface area contributed by atoms with Crippen molar-refractivity contribution in [2.45, 2.75) is 33.2 Å². The number of carbonyl (C=O) groups is 1. The fraction of sp³-hybridized carbons (Fsp3) is 0.429. The van der Waals surface area contributed by atoms with Crippen LogP contribution in [0.5, 0.6) is 0 Å². The monoisotopic (exact) mass is 243 g/mol. The van der Waals surface area contributed by atoms with Crippen molar-refractivity contribution in [3.63, 3.8) is 0 Å². The summed E-state index contributed by atoms with van der Waals surface area (Å²) in [7, 11) is 0. The first-order valence-electron chi connectivity index (χ1n) is 5.92. The fourth-order valence-corrected chi connectivity index (χ4v) is 1.88. The van der Waals surface area contributed by atoms with Crippen LogP contribution in [0.3, 0.4) is 0 Å². The summed E-state index contributed by atoms with van der Waals surface area (Å²) in [5, 5.41) is 15.2. The van der Waals surface area contributed by atoms with Crippen LogP contribution >= 0.6 is 0 Å². The van der Waals surface area contributed by atoms with E-state index >= 15 is 0 Å². The third-order valence-corrected chi connectivity index (χ3v) is 3.97. The number of amides is 1. The maximum Gasteiger partial charge on any atom is 0.232 e. The summed E-state index contributed by atoms with van der Waals surface area (Å²) in [5.41, 5.74) is 1.12. The van der Waals surface area contributed by atoms with Crippen LogP contribution in [0.1, 0.15) is 33.3 Å². The molecule has 0 bridgehead atoms. The number of rotatable bonds is 0. The summed E-state index contributed by atoms with van der Waals surface area (Å²) < 4.78 is 0. The number of nitrogens with zero attached hydrogens (tertiary/aromatic N) is 1. The molecule has 94 valence electrons. The van der Waals surface area contributed by atoms with Crippen molar-refractivity contribution in [3.8, 4) is 6.07 Å². The first-order valence-corrected chi connectivity index (χ1v) is 5.92. The molecule has 0 fully saturated rings. The molecule has 1 amide bonds. The molecule has 0 saturated heterocycles. The third kappa shape index (κ3) is 1.72. The van der Waals surface area contributed by atoms with E-state index in [1.54, 1.807) is 18.2 Å². The van der Waals surface area contributed by atoms with Crippen molar-refractivity contribution < 1.29 is 4.79 Å². The molecule has 18 heavy (non-hydrogen) atoms. The zero-order chi connectivity index (χ0) is 13.6. The molecule has 0 unspecified atom stereocenters. The average molecular weight is 243 g/mol. The van der Waals surface area contributed by atoms with Gasteiger partial charge in [-0.25, -0.2) is 0 Å². The Morgan fingerprint density at radius 1 is 1.17 bits per heavy atom. The highest BCUT2D eigenvalue weighted by Gasteiger charge is 2.45. The first kappa shape index (κ1) is 12.4. The van der Waals surface area contributed by atoms with E-state index in [2.05, 4.69) is 16.7 Å². The lowest BCUT2D eigenvalue weighted by molar-refractivity contribution is -0.126. The Bertz CT molecular complexity index is 553.